The molecule has 1 aromatic heterocycles. The summed E-state index contributed by atoms with van der Waals surface area (Å²) in [6.45, 7) is 9.70. The number of benzene rings is 1. The van der Waals surface area contributed by atoms with E-state index in [1.165, 1.54) is 43.4 Å². The second-order valence-corrected chi connectivity index (χ2v) is 13.5. The van der Waals surface area contributed by atoms with Crippen LogP contribution in [0.5, 0.6) is 0 Å². The smallest absolute Gasteiger partial charge is 0.432 e. The third kappa shape index (κ3) is 5.67. The molecule has 0 bridgehead atoms. The number of alkyl halides is 3. The average molecular weight is 586 g/mol. The molecule has 2 aromatic rings. The number of epoxide rings is 1. The Bertz CT molecular complexity index is 1280. The summed E-state index contributed by atoms with van der Waals surface area (Å²) in [5.41, 5.74) is -5.36. The van der Waals surface area contributed by atoms with E-state index in [9.17, 15) is 19.8 Å². The number of esters is 1. The van der Waals surface area contributed by atoms with Gasteiger partial charge in [-0.2, -0.15) is 13.2 Å². The molecule has 0 amide bonds. The van der Waals surface area contributed by atoms with E-state index < -0.39 is 71.6 Å². The zero-order valence-corrected chi connectivity index (χ0v) is 24.5. The second-order valence-electron chi connectivity index (χ2n) is 12.3. The van der Waals surface area contributed by atoms with Crippen LogP contribution in [0.4, 0.5) is 13.2 Å². The van der Waals surface area contributed by atoms with Crippen LogP contribution in [-0.4, -0.2) is 57.0 Å². The van der Waals surface area contributed by atoms with Crippen LogP contribution in [0.25, 0.3) is 10.2 Å². The summed E-state index contributed by atoms with van der Waals surface area (Å²) in [4.78, 5) is 30.8. The number of rotatable bonds is 1. The van der Waals surface area contributed by atoms with Crippen LogP contribution < -0.4 is 0 Å². The number of thiazole rings is 1. The number of Topliss-reactive ketones (excluding diaryl/α,β-unsaturated/α-hetero) is 1. The summed E-state index contributed by atoms with van der Waals surface area (Å²) in [6, 6.07) is 4.13. The number of aliphatic hydroxyl groups is 2. The van der Waals surface area contributed by atoms with Crippen molar-refractivity contribution in [2.24, 2.45) is 17.3 Å². The molecule has 2 fully saturated rings. The fraction of sp³-hybridized carbons (Fsp3) is 0.690. The standard InChI is InChI=1S/C29H38F3NO6S/c1-15-8-7-11-27(6)22(38-27)14-28(29(30,31)32,18-9-10-20-19(12-18)33-17(3)40-20)39-23(35)13-21(34)26(4,5)25(37)16(2)24(15)36/h9-10,12,15-16,21-22,24,34,36H,7-8,11,13-14H2,1-6H3. The van der Waals surface area contributed by atoms with Gasteiger partial charge in [0.05, 0.1) is 51.0 Å². The number of hydrogen-bond donors (Lipinski definition) is 2. The quantitative estimate of drug-likeness (QED) is 0.331. The summed E-state index contributed by atoms with van der Waals surface area (Å²) < 4.78 is 57.3. The lowest BCUT2D eigenvalue weighted by molar-refractivity contribution is -0.280. The van der Waals surface area contributed by atoms with Gasteiger partial charge in [-0.15, -0.1) is 11.3 Å². The highest BCUT2D eigenvalue weighted by molar-refractivity contribution is 7.18. The number of halogens is 3. The Morgan fingerprint density at radius 1 is 1.12 bits per heavy atom. The van der Waals surface area contributed by atoms with Gasteiger partial charge < -0.3 is 19.7 Å². The van der Waals surface area contributed by atoms with E-state index in [0.29, 0.717) is 34.5 Å². The van der Waals surface area contributed by atoms with Gasteiger partial charge in [0.2, 0.25) is 5.60 Å². The van der Waals surface area contributed by atoms with Crippen LogP contribution in [0, 0.1) is 24.2 Å². The Balaban J connectivity index is 1.78. The molecule has 7 nitrogen and oxygen atoms in total. The van der Waals surface area contributed by atoms with E-state index in [0.717, 1.165) is 0 Å². The number of cyclic esters (lactones) is 1. The molecule has 2 N–H and O–H groups in total. The first-order valence-corrected chi connectivity index (χ1v) is 14.5. The summed E-state index contributed by atoms with van der Waals surface area (Å²) in [7, 11) is 0. The summed E-state index contributed by atoms with van der Waals surface area (Å²) in [5, 5.41) is 22.5. The predicted octanol–water partition coefficient (Wildman–Crippen LogP) is 5.62. The number of aliphatic hydroxyl groups excluding tert-OH is 2. The molecule has 222 valence electrons. The number of hydrogen-bond acceptors (Lipinski definition) is 8. The fourth-order valence-corrected chi connectivity index (χ4v) is 6.68. The van der Waals surface area contributed by atoms with E-state index in [4.69, 9.17) is 9.47 Å². The van der Waals surface area contributed by atoms with Crippen LogP contribution in [0.15, 0.2) is 18.2 Å². The highest BCUT2D eigenvalue weighted by atomic mass is 32.1. The Labute approximate surface area is 236 Å². The molecule has 7 unspecified atom stereocenters. The summed E-state index contributed by atoms with van der Waals surface area (Å²) >= 11 is 1.34. The Morgan fingerprint density at radius 2 is 1.80 bits per heavy atom. The number of aryl methyl sites for hydroxylation is 1. The maximum Gasteiger partial charge on any atom is 0.432 e. The van der Waals surface area contributed by atoms with Crippen molar-refractivity contribution in [3.05, 3.63) is 28.8 Å². The van der Waals surface area contributed by atoms with Crippen molar-refractivity contribution in [2.45, 2.75) is 109 Å². The van der Waals surface area contributed by atoms with E-state index in [1.54, 1.807) is 20.8 Å². The van der Waals surface area contributed by atoms with Crippen molar-refractivity contribution in [1.29, 1.82) is 0 Å². The highest BCUT2D eigenvalue weighted by Crippen LogP contribution is 2.54. The minimum atomic E-state index is -5.02. The third-order valence-electron chi connectivity index (χ3n) is 8.88. The molecule has 11 heteroatoms. The highest BCUT2D eigenvalue weighted by Gasteiger charge is 2.66. The van der Waals surface area contributed by atoms with Crippen LogP contribution in [0.1, 0.15) is 77.3 Å². The number of aromatic nitrogens is 1. The first-order chi connectivity index (χ1) is 18.4. The molecular weight excluding hydrogens is 547 g/mol. The molecule has 1 aromatic carbocycles. The molecule has 0 saturated carbocycles. The van der Waals surface area contributed by atoms with Gasteiger partial charge in [0, 0.05) is 17.9 Å². The Kier molecular flexibility index (Phi) is 8.21. The lowest BCUT2D eigenvalue weighted by Gasteiger charge is -2.37. The Hall–Kier alpha value is -2.08. The minimum absolute atomic E-state index is 0.270. The van der Waals surface area contributed by atoms with Crippen molar-refractivity contribution in [3.63, 3.8) is 0 Å². The Morgan fingerprint density at radius 3 is 2.45 bits per heavy atom. The zero-order chi connectivity index (χ0) is 29.8. The van der Waals surface area contributed by atoms with Crippen LogP contribution >= 0.6 is 11.3 Å². The molecule has 2 aliphatic heterocycles. The van der Waals surface area contributed by atoms with Gasteiger partial charge in [-0.25, -0.2) is 4.98 Å². The lowest BCUT2D eigenvalue weighted by atomic mass is 9.73. The summed E-state index contributed by atoms with van der Waals surface area (Å²) in [6.07, 6.45) is -8.46. The van der Waals surface area contributed by atoms with Gasteiger partial charge in [-0.1, -0.05) is 40.2 Å². The molecule has 0 radical (unpaired) electrons. The van der Waals surface area contributed by atoms with Gasteiger partial charge in [0.1, 0.15) is 5.78 Å². The van der Waals surface area contributed by atoms with E-state index >= 15 is 13.2 Å². The number of carbonyl (C=O) groups excluding carboxylic acids is 2. The maximum absolute atomic E-state index is 15.1. The van der Waals surface area contributed by atoms with Crippen LogP contribution in [0.2, 0.25) is 0 Å². The largest absolute Gasteiger partial charge is 0.444 e. The molecule has 3 heterocycles. The van der Waals surface area contributed by atoms with Gasteiger partial charge >= 0.3 is 12.1 Å². The monoisotopic (exact) mass is 585 g/mol. The van der Waals surface area contributed by atoms with Crippen molar-refractivity contribution >= 4 is 33.3 Å². The van der Waals surface area contributed by atoms with Gasteiger partial charge in [-0.3, -0.25) is 9.59 Å². The normalized spacial score (nSPS) is 36.2. The van der Waals surface area contributed by atoms with Gasteiger partial charge in [0.15, 0.2) is 0 Å². The number of ketones is 1. The van der Waals surface area contributed by atoms with Crippen molar-refractivity contribution in [2.75, 3.05) is 0 Å². The first-order valence-electron chi connectivity index (χ1n) is 13.7. The molecular formula is C29H38F3NO6S. The van der Waals surface area contributed by atoms with E-state index in [-0.39, 0.29) is 11.5 Å². The number of fused-ring (bicyclic) bond motifs is 2. The van der Waals surface area contributed by atoms with Crippen molar-refractivity contribution in [1.82, 2.24) is 4.98 Å². The minimum Gasteiger partial charge on any atom is -0.444 e. The molecule has 2 saturated heterocycles. The molecule has 40 heavy (non-hydrogen) atoms. The first kappa shape index (κ1) is 30.9. The van der Waals surface area contributed by atoms with Gasteiger partial charge in [0.25, 0.3) is 0 Å². The van der Waals surface area contributed by atoms with Crippen LogP contribution in [0.3, 0.4) is 0 Å². The van der Waals surface area contributed by atoms with Gasteiger partial charge in [-0.05, 0) is 44.7 Å². The predicted molar refractivity (Wildman–Crippen MR) is 144 cm³/mol. The fourth-order valence-electron chi connectivity index (χ4n) is 5.87. The number of ether oxygens (including phenoxy) is 2. The SMILES string of the molecule is Cc1nc2cc(C3(C(F)(F)F)CC4OC4(C)CCCC(C)C(O)C(C)C(=O)C(C)(C)C(O)CC(=O)O3)ccc2s1. The lowest BCUT2D eigenvalue weighted by Crippen LogP contribution is -2.49. The maximum atomic E-state index is 15.1. The zero-order valence-electron chi connectivity index (χ0n) is 23.7. The number of nitrogens with zero attached hydrogens (tertiary/aromatic N) is 1. The van der Waals surface area contributed by atoms with Crippen molar-refractivity contribution in [3.8, 4) is 0 Å². The van der Waals surface area contributed by atoms with E-state index in [2.05, 4.69) is 4.98 Å². The number of carbonyl (C=O) groups is 2. The summed E-state index contributed by atoms with van der Waals surface area (Å²) in [5.74, 6) is -2.90. The topological polar surface area (TPSA) is 109 Å². The third-order valence-corrected chi connectivity index (χ3v) is 9.84. The molecule has 7 atom stereocenters. The molecule has 0 spiro atoms. The second kappa shape index (κ2) is 10.6. The van der Waals surface area contributed by atoms with E-state index in [1.807, 2.05) is 6.92 Å². The molecule has 0 aliphatic carbocycles. The molecule has 4 rings (SSSR count). The average Bonchev–Trinajstić information content (AvgIpc) is 3.32. The van der Waals surface area contributed by atoms with Crippen molar-refractivity contribution < 1.29 is 42.4 Å². The molecule has 2 aliphatic rings. The van der Waals surface area contributed by atoms with Crippen LogP contribution in [-0.2, 0) is 24.7 Å².